The van der Waals surface area contributed by atoms with Gasteiger partial charge in [-0.1, -0.05) is 18.2 Å². The molecule has 0 atom stereocenters. The molecule has 0 fully saturated rings. The average Bonchev–Trinajstić information content (AvgIpc) is 3.18. The number of benzene rings is 1. The van der Waals surface area contributed by atoms with Crippen LogP contribution in [0.15, 0.2) is 50.7 Å². The summed E-state index contributed by atoms with van der Waals surface area (Å²) in [4.78, 5) is 41.7. The van der Waals surface area contributed by atoms with Gasteiger partial charge in [-0.2, -0.15) is 4.99 Å². The summed E-state index contributed by atoms with van der Waals surface area (Å²) >= 11 is 1.06. The van der Waals surface area contributed by atoms with Crippen LogP contribution in [-0.2, 0) is 14.3 Å². The number of aryl methyl sites for hydroxylation is 1. The first-order valence-corrected chi connectivity index (χ1v) is 8.79. The maximum atomic E-state index is 12.3. The molecule has 0 saturated heterocycles. The van der Waals surface area contributed by atoms with Gasteiger partial charge in [0.1, 0.15) is 17.1 Å². The zero-order valence-corrected chi connectivity index (χ0v) is 15.7. The third kappa shape index (κ3) is 3.85. The summed E-state index contributed by atoms with van der Waals surface area (Å²) in [6.45, 7) is 3.04. The van der Waals surface area contributed by atoms with Gasteiger partial charge in [-0.15, -0.1) is 0 Å². The first-order chi connectivity index (χ1) is 12.9. The molecule has 138 valence electrons. The molecule has 0 unspecified atom stereocenters. The second-order valence-electron chi connectivity index (χ2n) is 5.61. The fourth-order valence-electron chi connectivity index (χ4n) is 2.52. The van der Waals surface area contributed by atoms with Gasteiger partial charge in [0.15, 0.2) is 5.17 Å². The monoisotopic (exact) mass is 384 g/mol. The van der Waals surface area contributed by atoms with E-state index in [-0.39, 0.29) is 21.5 Å². The van der Waals surface area contributed by atoms with Crippen molar-refractivity contribution >= 4 is 46.5 Å². The summed E-state index contributed by atoms with van der Waals surface area (Å²) in [6.07, 6.45) is 1.49. The van der Waals surface area contributed by atoms with Crippen LogP contribution in [0.1, 0.15) is 28.8 Å². The number of methoxy groups -OCH3 is 1. The summed E-state index contributed by atoms with van der Waals surface area (Å²) in [5, 5.41) is 0.265. The van der Waals surface area contributed by atoms with E-state index < -0.39 is 11.9 Å². The molecular formula is C19H16N2O5S. The van der Waals surface area contributed by atoms with Crippen LogP contribution in [0, 0.1) is 6.92 Å². The molecule has 8 heteroatoms. The fourth-order valence-corrected chi connectivity index (χ4v) is 3.47. The van der Waals surface area contributed by atoms with Crippen molar-refractivity contribution in [2.75, 3.05) is 12.0 Å². The second kappa shape index (κ2) is 7.63. The van der Waals surface area contributed by atoms with Gasteiger partial charge in [-0.05, 0) is 36.9 Å². The molecule has 3 rings (SSSR count). The Balaban J connectivity index is 1.88. The minimum Gasteiger partial charge on any atom is -0.465 e. The third-order valence-corrected chi connectivity index (χ3v) is 4.71. The third-order valence-electron chi connectivity index (χ3n) is 3.75. The number of aliphatic imine (C=N–C) groups is 1. The Bertz CT molecular complexity index is 975. The molecule has 0 N–H and O–H groups in total. The van der Waals surface area contributed by atoms with Gasteiger partial charge in [0.25, 0.3) is 5.91 Å². The lowest BCUT2D eigenvalue weighted by molar-refractivity contribution is -0.115. The van der Waals surface area contributed by atoms with Crippen LogP contribution >= 0.6 is 11.8 Å². The minimum atomic E-state index is -0.518. The Hall–Kier alpha value is -3.13. The van der Waals surface area contributed by atoms with Gasteiger partial charge < -0.3 is 9.15 Å². The predicted octanol–water partition coefficient (Wildman–Crippen LogP) is 3.40. The largest absolute Gasteiger partial charge is 0.465 e. The number of ether oxygens (including phenoxy) is 1. The van der Waals surface area contributed by atoms with E-state index in [0.717, 1.165) is 11.8 Å². The average molecular weight is 384 g/mol. The molecule has 1 aliphatic heterocycles. The van der Waals surface area contributed by atoms with Crippen molar-refractivity contribution in [1.82, 2.24) is 0 Å². The van der Waals surface area contributed by atoms with Crippen molar-refractivity contribution in [3.8, 4) is 0 Å². The molecule has 27 heavy (non-hydrogen) atoms. The molecule has 1 aliphatic rings. The topological polar surface area (TPSA) is 89.2 Å². The number of para-hydroxylation sites is 1. The maximum absolute atomic E-state index is 12.3. The van der Waals surface area contributed by atoms with E-state index in [1.54, 1.807) is 31.2 Å². The van der Waals surface area contributed by atoms with E-state index >= 15 is 0 Å². The van der Waals surface area contributed by atoms with Crippen LogP contribution in [0.5, 0.6) is 0 Å². The molecule has 1 aromatic carbocycles. The van der Waals surface area contributed by atoms with Crippen molar-refractivity contribution in [3.63, 3.8) is 0 Å². The van der Waals surface area contributed by atoms with Crippen molar-refractivity contribution in [3.05, 3.63) is 58.4 Å². The molecule has 0 spiro atoms. The van der Waals surface area contributed by atoms with Crippen LogP contribution in [0.4, 0.5) is 5.69 Å². The molecule has 0 aliphatic carbocycles. The number of esters is 1. The Morgan fingerprint density at radius 1 is 1.26 bits per heavy atom. The molecular weight excluding hydrogens is 368 g/mol. The molecule has 1 aromatic heterocycles. The number of nitrogens with zero attached hydrogens (tertiary/aromatic N) is 2. The predicted molar refractivity (Wildman–Crippen MR) is 102 cm³/mol. The minimum absolute atomic E-state index is 0.261. The number of carbonyl (C=O) groups is 3. The molecule has 2 amide bonds. The molecule has 2 aromatic rings. The number of thioether (sulfide) groups is 1. The van der Waals surface area contributed by atoms with Crippen molar-refractivity contribution < 1.29 is 23.5 Å². The summed E-state index contributed by atoms with van der Waals surface area (Å²) in [5.74, 6) is -0.543. The lowest BCUT2D eigenvalue weighted by Crippen LogP contribution is -2.32. The molecule has 2 heterocycles. The molecule has 0 saturated carbocycles. The first-order valence-electron chi connectivity index (χ1n) is 7.97. The van der Waals surface area contributed by atoms with Gasteiger partial charge >= 0.3 is 5.97 Å². The van der Waals surface area contributed by atoms with E-state index in [1.165, 1.54) is 31.1 Å². The van der Waals surface area contributed by atoms with Crippen molar-refractivity contribution in [2.24, 2.45) is 4.99 Å². The highest BCUT2D eigenvalue weighted by Gasteiger charge is 2.29. The van der Waals surface area contributed by atoms with E-state index in [4.69, 9.17) is 4.42 Å². The zero-order valence-electron chi connectivity index (χ0n) is 14.9. The van der Waals surface area contributed by atoms with E-state index in [9.17, 15) is 14.4 Å². The number of amides is 2. The molecule has 7 nitrogen and oxygen atoms in total. The van der Waals surface area contributed by atoms with Gasteiger partial charge in [-0.25, -0.2) is 4.79 Å². The number of anilines is 1. The van der Waals surface area contributed by atoms with Gasteiger partial charge in [0.2, 0.25) is 5.91 Å². The zero-order chi connectivity index (χ0) is 19.6. The standard InChI is InChI=1S/C19H16N2O5S/c1-11-15(18(24)25-3)9-14(26-11)10-16-17(23)20-19(27-16)21(12(2)22)13-7-5-4-6-8-13/h4-10H,1-3H3/b16-10-. The highest BCUT2D eigenvalue weighted by Crippen LogP contribution is 2.33. The Morgan fingerprint density at radius 2 is 1.96 bits per heavy atom. The second-order valence-corrected chi connectivity index (χ2v) is 6.62. The summed E-state index contributed by atoms with van der Waals surface area (Å²) in [7, 11) is 1.28. The fraction of sp³-hybridized carbons (Fsp3) is 0.158. The van der Waals surface area contributed by atoms with Crippen molar-refractivity contribution in [2.45, 2.75) is 13.8 Å². The first kappa shape index (κ1) is 18.7. The Kier molecular flexibility index (Phi) is 5.27. The van der Waals surface area contributed by atoms with Crippen LogP contribution in [0.2, 0.25) is 0 Å². The number of rotatable bonds is 3. The SMILES string of the molecule is COC(=O)c1cc(/C=C2\SC(N(C(C)=O)c3ccccc3)=NC2=O)oc1C. The normalized spacial score (nSPS) is 15.0. The molecule has 0 bridgehead atoms. The number of carbonyl (C=O) groups excluding carboxylic acids is 3. The van der Waals surface area contributed by atoms with Gasteiger partial charge in [0.05, 0.1) is 17.7 Å². The van der Waals surface area contributed by atoms with Gasteiger partial charge in [0, 0.05) is 13.0 Å². The highest BCUT2D eigenvalue weighted by molar-refractivity contribution is 8.19. The lowest BCUT2D eigenvalue weighted by atomic mass is 10.2. The number of furan rings is 1. The maximum Gasteiger partial charge on any atom is 0.341 e. The summed E-state index contributed by atoms with van der Waals surface area (Å²) in [5.41, 5.74) is 0.905. The van der Waals surface area contributed by atoms with Crippen LogP contribution in [-0.4, -0.2) is 30.1 Å². The highest BCUT2D eigenvalue weighted by atomic mass is 32.2. The van der Waals surface area contributed by atoms with E-state index in [1.807, 2.05) is 6.07 Å². The molecule has 0 radical (unpaired) electrons. The summed E-state index contributed by atoms with van der Waals surface area (Å²) < 4.78 is 10.2. The number of hydrogen-bond donors (Lipinski definition) is 0. The van der Waals surface area contributed by atoms with Gasteiger partial charge in [-0.3, -0.25) is 14.5 Å². The number of hydrogen-bond acceptors (Lipinski definition) is 6. The number of amidine groups is 1. The quantitative estimate of drug-likeness (QED) is 0.595. The van der Waals surface area contributed by atoms with Crippen molar-refractivity contribution in [1.29, 1.82) is 0 Å². The lowest BCUT2D eigenvalue weighted by Gasteiger charge is -2.19. The van der Waals surface area contributed by atoms with E-state index in [0.29, 0.717) is 17.2 Å². The Labute approximate surface area is 159 Å². The summed E-state index contributed by atoms with van der Waals surface area (Å²) in [6, 6.07) is 10.4. The van der Waals surface area contributed by atoms with Crippen LogP contribution in [0.3, 0.4) is 0 Å². The Morgan fingerprint density at radius 3 is 2.59 bits per heavy atom. The van der Waals surface area contributed by atoms with E-state index in [2.05, 4.69) is 9.73 Å². The van der Waals surface area contributed by atoms with Crippen LogP contribution in [0.25, 0.3) is 6.08 Å². The van der Waals surface area contributed by atoms with Crippen LogP contribution < -0.4 is 4.90 Å². The smallest absolute Gasteiger partial charge is 0.341 e.